The number of nitrogens with zero attached hydrogens (tertiary/aromatic N) is 2. The van der Waals surface area contributed by atoms with Gasteiger partial charge in [-0.25, -0.2) is 9.99 Å². The minimum absolute atomic E-state index is 0.165. The average molecular weight is 247 g/mol. The molecule has 1 fully saturated rings. The summed E-state index contributed by atoms with van der Waals surface area (Å²) < 4.78 is 43.1. The zero-order valence-corrected chi connectivity index (χ0v) is 9.00. The van der Waals surface area contributed by atoms with Gasteiger partial charge in [-0.2, -0.15) is 13.2 Å². The molecule has 94 valence electrons. The third kappa shape index (κ3) is 3.07. The van der Waals surface area contributed by atoms with Crippen LogP contribution in [0.4, 0.5) is 19.0 Å². The van der Waals surface area contributed by atoms with Crippen molar-refractivity contribution in [2.75, 3.05) is 31.7 Å². The maximum absolute atomic E-state index is 12.7. The molecule has 0 saturated carbocycles. The summed E-state index contributed by atoms with van der Waals surface area (Å²) in [7, 11) is 0. The lowest BCUT2D eigenvalue weighted by Gasteiger charge is -2.28. The van der Waals surface area contributed by atoms with Gasteiger partial charge in [-0.15, -0.1) is 0 Å². The van der Waals surface area contributed by atoms with Gasteiger partial charge in [0, 0.05) is 19.3 Å². The van der Waals surface area contributed by atoms with E-state index in [9.17, 15) is 13.2 Å². The number of nitrogens with one attached hydrogen (secondary N) is 1. The van der Waals surface area contributed by atoms with Crippen molar-refractivity contribution in [3.05, 3.63) is 23.9 Å². The molecule has 4 nitrogen and oxygen atoms in total. The summed E-state index contributed by atoms with van der Waals surface area (Å²) in [6.45, 7) is 2.07. The van der Waals surface area contributed by atoms with E-state index in [0.717, 1.165) is 6.07 Å². The van der Waals surface area contributed by atoms with E-state index < -0.39 is 11.7 Å². The number of anilines is 1. The summed E-state index contributed by atoms with van der Waals surface area (Å²) in [6, 6.07) is 2.28. The molecule has 0 aliphatic carbocycles. The maximum atomic E-state index is 12.7. The summed E-state index contributed by atoms with van der Waals surface area (Å²) in [5.41, 5.74) is 1.92. The lowest BCUT2D eigenvalue weighted by atomic mass is 10.2. The largest absolute Gasteiger partial charge is 0.419 e. The van der Waals surface area contributed by atoms with Crippen LogP contribution in [0.2, 0.25) is 0 Å². The Hall–Kier alpha value is -1.34. The van der Waals surface area contributed by atoms with E-state index in [0.29, 0.717) is 26.3 Å². The van der Waals surface area contributed by atoms with Crippen LogP contribution in [-0.4, -0.2) is 36.3 Å². The van der Waals surface area contributed by atoms with Gasteiger partial charge in [-0.3, -0.25) is 0 Å². The SMILES string of the molecule is FC(F)(F)c1cccnc1NN1CCOCC1. The molecule has 1 N–H and O–H groups in total. The number of halogens is 3. The Labute approximate surface area is 96.4 Å². The van der Waals surface area contributed by atoms with Crippen LogP contribution in [0.3, 0.4) is 0 Å². The minimum atomic E-state index is -4.40. The Morgan fingerprint density at radius 1 is 1.29 bits per heavy atom. The van der Waals surface area contributed by atoms with Gasteiger partial charge >= 0.3 is 6.18 Å². The van der Waals surface area contributed by atoms with Gasteiger partial charge in [0.1, 0.15) is 0 Å². The molecular weight excluding hydrogens is 235 g/mol. The van der Waals surface area contributed by atoms with Gasteiger partial charge in [-0.05, 0) is 12.1 Å². The predicted molar refractivity (Wildman–Crippen MR) is 55.3 cm³/mol. The topological polar surface area (TPSA) is 37.4 Å². The number of ether oxygens (including phenoxy) is 1. The number of aromatic nitrogens is 1. The predicted octanol–water partition coefficient (Wildman–Crippen LogP) is 1.76. The number of alkyl halides is 3. The van der Waals surface area contributed by atoms with Crippen LogP contribution >= 0.6 is 0 Å². The third-order valence-electron chi connectivity index (χ3n) is 2.39. The zero-order valence-electron chi connectivity index (χ0n) is 9.00. The van der Waals surface area contributed by atoms with Gasteiger partial charge in [0.05, 0.1) is 18.8 Å². The van der Waals surface area contributed by atoms with Crippen LogP contribution in [0.15, 0.2) is 18.3 Å². The molecule has 1 aromatic rings. The van der Waals surface area contributed by atoms with Crippen LogP contribution in [-0.2, 0) is 10.9 Å². The van der Waals surface area contributed by atoms with Crippen LogP contribution in [0.25, 0.3) is 0 Å². The van der Waals surface area contributed by atoms with Crippen molar-refractivity contribution >= 4 is 5.82 Å². The number of hydrogen-bond acceptors (Lipinski definition) is 4. The second-order valence-corrected chi connectivity index (χ2v) is 3.61. The molecule has 1 saturated heterocycles. The molecule has 2 heterocycles. The van der Waals surface area contributed by atoms with Crippen molar-refractivity contribution < 1.29 is 17.9 Å². The number of rotatable bonds is 2. The Bertz CT molecular complexity index is 377. The molecule has 2 rings (SSSR count). The first-order valence-corrected chi connectivity index (χ1v) is 5.19. The normalized spacial score (nSPS) is 18.1. The van der Waals surface area contributed by atoms with Crippen LogP contribution in [0, 0.1) is 0 Å². The molecule has 0 atom stereocenters. The fourth-order valence-corrected chi connectivity index (χ4v) is 1.55. The molecule has 0 radical (unpaired) electrons. The molecule has 0 amide bonds. The van der Waals surface area contributed by atoms with E-state index in [1.54, 1.807) is 5.01 Å². The van der Waals surface area contributed by atoms with E-state index in [-0.39, 0.29) is 5.82 Å². The van der Waals surface area contributed by atoms with Gasteiger partial charge < -0.3 is 10.2 Å². The Balaban J connectivity index is 2.14. The summed E-state index contributed by atoms with van der Waals surface area (Å²) in [5.74, 6) is -0.165. The lowest BCUT2D eigenvalue weighted by molar-refractivity contribution is -0.137. The van der Waals surface area contributed by atoms with Crippen molar-refractivity contribution in [1.82, 2.24) is 9.99 Å². The summed E-state index contributed by atoms with van der Waals surface area (Å²) in [6.07, 6.45) is -3.07. The highest BCUT2D eigenvalue weighted by atomic mass is 19.4. The van der Waals surface area contributed by atoms with E-state index >= 15 is 0 Å². The van der Waals surface area contributed by atoms with Crippen LogP contribution in [0.1, 0.15) is 5.56 Å². The standard InChI is InChI=1S/C10H12F3N3O/c11-10(12,13)8-2-1-3-14-9(8)15-16-4-6-17-7-5-16/h1-3H,4-7H2,(H,14,15). The lowest BCUT2D eigenvalue weighted by Crippen LogP contribution is -2.41. The molecule has 0 spiro atoms. The highest BCUT2D eigenvalue weighted by molar-refractivity contribution is 5.44. The Kier molecular flexibility index (Phi) is 3.49. The Morgan fingerprint density at radius 2 is 2.00 bits per heavy atom. The molecule has 1 aromatic heterocycles. The quantitative estimate of drug-likeness (QED) is 0.864. The van der Waals surface area contributed by atoms with Gasteiger partial charge in [0.25, 0.3) is 0 Å². The molecular formula is C10H12F3N3O. The maximum Gasteiger partial charge on any atom is 0.419 e. The van der Waals surface area contributed by atoms with E-state index in [1.807, 2.05) is 0 Å². The zero-order chi connectivity index (χ0) is 12.3. The second kappa shape index (κ2) is 4.89. The van der Waals surface area contributed by atoms with Crippen molar-refractivity contribution in [2.45, 2.75) is 6.18 Å². The van der Waals surface area contributed by atoms with Crippen LogP contribution in [0.5, 0.6) is 0 Å². The van der Waals surface area contributed by atoms with Gasteiger partial charge in [-0.1, -0.05) is 0 Å². The van der Waals surface area contributed by atoms with Crippen LogP contribution < -0.4 is 5.43 Å². The first kappa shape index (κ1) is 12.1. The van der Waals surface area contributed by atoms with E-state index in [1.165, 1.54) is 12.3 Å². The molecule has 0 aromatic carbocycles. The average Bonchev–Trinajstić information content (AvgIpc) is 2.30. The number of pyridine rings is 1. The smallest absolute Gasteiger partial charge is 0.379 e. The second-order valence-electron chi connectivity index (χ2n) is 3.61. The molecule has 7 heteroatoms. The van der Waals surface area contributed by atoms with Crippen molar-refractivity contribution in [3.8, 4) is 0 Å². The summed E-state index contributed by atoms with van der Waals surface area (Å²) in [5, 5.41) is 1.67. The van der Waals surface area contributed by atoms with Gasteiger partial charge in [0.2, 0.25) is 0 Å². The summed E-state index contributed by atoms with van der Waals surface area (Å²) >= 11 is 0. The first-order valence-electron chi connectivity index (χ1n) is 5.19. The minimum Gasteiger partial charge on any atom is -0.379 e. The Morgan fingerprint density at radius 3 is 2.65 bits per heavy atom. The van der Waals surface area contributed by atoms with E-state index in [4.69, 9.17) is 4.74 Å². The highest BCUT2D eigenvalue weighted by Crippen LogP contribution is 2.33. The molecule has 1 aliphatic rings. The number of morpholine rings is 1. The highest BCUT2D eigenvalue weighted by Gasteiger charge is 2.34. The molecule has 17 heavy (non-hydrogen) atoms. The van der Waals surface area contributed by atoms with Crippen molar-refractivity contribution in [3.63, 3.8) is 0 Å². The number of hydrazine groups is 1. The van der Waals surface area contributed by atoms with Gasteiger partial charge in [0.15, 0.2) is 5.82 Å². The third-order valence-corrected chi connectivity index (χ3v) is 2.39. The van der Waals surface area contributed by atoms with Crippen molar-refractivity contribution in [1.29, 1.82) is 0 Å². The van der Waals surface area contributed by atoms with Crippen molar-refractivity contribution in [2.24, 2.45) is 0 Å². The fraction of sp³-hybridized carbons (Fsp3) is 0.500. The molecule has 0 unspecified atom stereocenters. The summed E-state index contributed by atoms with van der Waals surface area (Å²) in [4.78, 5) is 3.73. The monoisotopic (exact) mass is 247 g/mol. The first-order chi connectivity index (χ1) is 8.07. The molecule has 0 bridgehead atoms. The molecule has 1 aliphatic heterocycles. The fourth-order valence-electron chi connectivity index (χ4n) is 1.55. The number of hydrogen-bond donors (Lipinski definition) is 1. The van der Waals surface area contributed by atoms with E-state index in [2.05, 4.69) is 10.4 Å².